The first kappa shape index (κ1) is 12.8. The quantitative estimate of drug-likeness (QED) is 0.727. The molecule has 3 atom stereocenters. The van der Waals surface area contributed by atoms with Crippen LogP contribution in [0.25, 0.3) is 0 Å². The Bertz CT molecular complexity index is 364. The van der Waals surface area contributed by atoms with Gasteiger partial charge in [0.1, 0.15) is 5.75 Å². The first-order valence-corrected chi connectivity index (χ1v) is 6.91. The molecule has 3 unspecified atom stereocenters. The summed E-state index contributed by atoms with van der Waals surface area (Å²) in [5.41, 5.74) is 1.28. The number of hydrogen-bond acceptors (Lipinski definition) is 1. The van der Waals surface area contributed by atoms with E-state index in [1.165, 1.54) is 24.8 Å². The van der Waals surface area contributed by atoms with Crippen molar-refractivity contribution in [2.75, 3.05) is 7.11 Å². The van der Waals surface area contributed by atoms with Crippen LogP contribution in [0.15, 0.2) is 24.3 Å². The summed E-state index contributed by atoms with van der Waals surface area (Å²) in [6.45, 7) is 2.33. The Balaban J connectivity index is 1.99. The first-order valence-electron chi connectivity index (χ1n) is 6.47. The van der Waals surface area contributed by atoms with Crippen molar-refractivity contribution in [3.8, 4) is 5.75 Å². The second-order valence-electron chi connectivity index (χ2n) is 5.14. The molecule has 0 bridgehead atoms. The Labute approximate surface area is 109 Å². The number of hydrogen-bond donors (Lipinski definition) is 0. The second-order valence-corrected chi connectivity index (χ2v) is 5.70. The van der Waals surface area contributed by atoms with Crippen molar-refractivity contribution in [3.05, 3.63) is 29.8 Å². The molecule has 1 aliphatic carbocycles. The van der Waals surface area contributed by atoms with E-state index in [1.54, 1.807) is 7.11 Å². The summed E-state index contributed by atoms with van der Waals surface area (Å²) in [6.07, 6.45) is 4.92. The molecule has 94 valence electrons. The number of alkyl halides is 1. The van der Waals surface area contributed by atoms with Crippen molar-refractivity contribution >= 4 is 11.6 Å². The van der Waals surface area contributed by atoms with Crippen LogP contribution in [0.5, 0.6) is 5.75 Å². The summed E-state index contributed by atoms with van der Waals surface area (Å²) in [5.74, 6) is 2.39. The number of methoxy groups -OCH3 is 1. The van der Waals surface area contributed by atoms with Gasteiger partial charge < -0.3 is 4.74 Å². The van der Waals surface area contributed by atoms with Crippen molar-refractivity contribution in [2.24, 2.45) is 11.8 Å². The van der Waals surface area contributed by atoms with E-state index in [9.17, 15) is 0 Å². The molecule has 0 radical (unpaired) electrons. The monoisotopic (exact) mass is 252 g/mol. The predicted molar refractivity (Wildman–Crippen MR) is 72.8 cm³/mol. The molecule has 0 aromatic heterocycles. The van der Waals surface area contributed by atoms with Gasteiger partial charge in [-0.05, 0) is 42.4 Å². The lowest BCUT2D eigenvalue weighted by molar-refractivity contribution is 0.396. The van der Waals surface area contributed by atoms with Gasteiger partial charge in [0.15, 0.2) is 0 Å². The van der Waals surface area contributed by atoms with E-state index in [-0.39, 0.29) is 5.38 Å². The molecule has 1 nitrogen and oxygen atoms in total. The first-order chi connectivity index (χ1) is 8.20. The molecule has 1 aliphatic rings. The lowest BCUT2D eigenvalue weighted by Crippen LogP contribution is -2.19. The molecule has 0 N–H and O–H groups in total. The van der Waals surface area contributed by atoms with Gasteiger partial charge in [-0.2, -0.15) is 0 Å². The third-order valence-corrected chi connectivity index (χ3v) is 4.44. The minimum absolute atomic E-state index is 0.264. The lowest BCUT2D eigenvalue weighted by Gasteiger charge is -2.21. The minimum Gasteiger partial charge on any atom is -0.497 e. The molecular weight excluding hydrogens is 232 g/mol. The van der Waals surface area contributed by atoms with Crippen LogP contribution in [0.4, 0.5) is 0 Å². The van der Waals surface area contributed by atoms with Crippen LogP contribution in [-0.4, -0.2) is 12.5 Å². The highest BCUT2D eigenvalue weighted by Gasteiger charge is 2.29. The largest absolute Gasteiger partial charge is 0.497 e. The van der Waals surface area contributed by atoms with Gasteiger partial charge in [-0.25, -0.2) is 0 Å². The fraction of sp³-hybridized carbons (Fsp3) is 0.600. The van der Waals surface area contributed by atoms with Gasteiger partial charge in [-0.1, -0.05) is 31.9 Å². The zero-order chi connectivity index (χ0) is 12.3. The van der Waals surface area contributed by atoms with Gasteiger partial charge in [-0.3, -0.25) is 0 Å². The topological polar surface area (TPSA) is 9.23 Å². The molecule has 1 aromatic carbocycles. The van der Waals surface area contributed by atoms with Crippen molar-refractivity contribution < 1.29 is 4.74 Å². The molecule has 0 amide bonds. The normalized spacial score (nSPS) is 25.8. The van der Waals surface area contributed by atoms with Crippen LogP contribution in [-0.2, 0) is 6.42 Å². The summed E-state index contributed by atoms with van der Waals surface area (Å²) >= 11 is 6.57. The molecule has 2 rings (SSSR count). The van der Waals surface area contributed by atoms with Gasteiger partial charge in [0.25, 0.3) is 0 Å². The van der Waals surface area contributed by atoms with E-state index >= 15 is 0 Å². The van der Waals surface area contributed by atoms with Crippen molar-refractivity contribution in [1.82, 2.24) is 0 Å². The standard InChI is InChI=1S/C15H21ClO/c1-11-5-3-8-14(11)15(16)10-12-6-4-7-13(9-12)17-2/h4,6-7,9,11,14-15H,3,5,8,10H2,1-2H3. The highest BCUT2D eigenvalue weighted by atomic mass is 35.5. The highest BCUT2D eigenvalue weighted by Crippen LogP contribution is 2.37. The van der Waals surface area contributed by atoms with Gasteiger partial charge >= 0.3 is 0 Å². The highest BCUT2D eigenvalue weighted by molar-refractivity contribution is 6.21. The van der Waals surface area contributed by atoms with Gasteiger partial charge in [0.05, 0.1) is 7.11 Å². The van der Waals surface area contributed by atoms with Crippen LogP contribution in [0.1, 0.15) is 31.7 Å². The molecular formula is C15H21ClO. The number of ether oxygens (including phenoxy) is 1. The van der Waals surface area contributed by atoms with E-state index < -0.39 is 0 Å². The summed E-state index contributed by atoms with van der Waals surface area (Å²) in [5, 5.41) is 0.264. The van der Waals surface area contributed by atoms with E-state index in [0.717, 1.165) is 18.1 Å². The molecule has 0 saturated heterocycles. The Hall–Kier alpha value is -0.690. The second kappa shape index (κ2) is 5.77. The van der Waals surface area contributed by atoms with E-state index in [1.807, 2.05) is 12.1 Å². The maximum atomic E-state index is 6.57. The molecule has 17 heavy (non-hydrogen) atoms. The van der Waals surface area contributed by atoms with Crippen LogP contribution in [0.2, 0.25) is 0 Å². The Morgan fingerprint density at radius 1 is 1.41 bits per heavy atom. The van der Waals surface area contributed by atoms with Crippen LogP contribution >= 0.6 is 11.6 Å². The molecule has 1 aromatic rings. The van der Waals surface area contributed by atoms with E-state index in [2.05, 4.69) is 19.1 Å². The fourth-order valence-corrected chi connectivity index (χ4v) is 3.44. The summed E-state index contributed by atoms with van der Waals surface area (Å²) in [6, 6.07) is 8.24. The molecule has 1 fully saturated rings. The van der Waals surface area contributed by atoms with Crippen LogP contribution in [0.3, 0.4) is 0 Å². The molecule has 0 spiro atoms. The fourth-order valence-electron chi connectivity index (χ4n) is 2.89. The van der Waals surface area contributed by atoms with Crippen molar-refractivity contribution in [1.29, 1.82) is 0 Å². The average molecular weight is 253 g/mol. The predicted octanol–water partition coefficient (Wildman–Crippen LogP) is 4.28. The maximum Gasteiger partial charge on any atom is 0.119 e. The summed E-state index contributed by atoms with van der Waals surface area (Å²) in [4.78, 5) is 0. The maximum absolute atomic E-state index is 6.57. The van der Waals surface area contributed by atoms with E-state index in [0.29, 0.717) is 5.92 Å². The minimum atomic E-state index is 0.264. The Kier molecular flexibility index (Phi) is 4.33. The summed E-state index contributed by atoms with van der Waals surface area (Å²) in [7, 11) is 1.70. The summed E-state index contributed by atoms with van der Waals surface area (Å²) < 4.78 is 5.24. The number of benzene rings is 1. The van der Waals surface area contributed by atoms with Crippen molar-refractivity contribution in [2.45, 2.75) is 38.0 Å². The Morgan fingerprint density at radius 3 is 2.88 bits per heavy atom. The van der Waals surface area contributed by atoms with Gasteiger partial charge in [-0.15, -0.1) is 11.6 Å². The van der Waals surface area contributed by atoms with Crippen LogP contribution in [0, 0.1) is 11.8 Å². The smallest absolute Gasteiger partial charge is 0.119 e. The number of rotatable bonds is 4. The lowest BCUT2D eigenvalue weighted by atomic mass is 9.91. The number of halogens is 1. The van der Waals surface area contributed by atoms with E-state index in [4.69, 9.17) is 16.3 Å². The van der Waals surface area contributed by atoms with Crippen LogP contribution < -0.4 is 4.74 Å². The van der Waals surface area contributed by atoms with Gasteiger partial charge in [0, 0.05) is 5.38 Å². The molecule has 1 saturated carbocycles. The zero-order valence-electron chi connectivity index (χ0n) is 10.7. The van der Waals surface area contributed by atoms with Crippen molar-refractivity contribution in [3.63, 3.8) is 0 Å². The third-order valence-electron chi connectivity index (χ3n) is 3.96. The van der Waals surface area contributed by atoms with Gasteiger partial charge in [0.2, 0.25) is 0 Å². The molecule has 2 heteroatoms. The molecule has 0 heterocycles. The Morgan fingerprint density at radius 2 is 2.24 bits per heavy atom. The molecule has 0 aliphatic heterocycles. The SMILES string of the molecule is COc1cccc(CC(Cl)C2CCCC2C)c1. The zero-order valence-corrected chi connectivity index (χ0v) is 11.4. The average Bonchev–Trinajstić information content (AvgIpc) is 2.76. The third kappa shape index (κ3) is 3.16.